The number of nitrogens with two attached hydrogens (primary N) is 1. The van der Waals surface area contributed by atoms with Crippen molar-refractivity contribution < 1.29 is 4.42 Å². The van der Waals surface area contributed by atoms with Crippen LogP contribution in [-0.2, 0) is 6.42 Å². The smallest absolute Gasteiger partial charge is 0.0935 e. The van der Waals surface area contributed by atoms with Crippen molar-refractivity contribution in [1.29, 1.82) is 0 Å². The maximum Gasteiger partial charge on any atom is 0.0935 e. The fourth-order valence-corrected chi connectivity index (χ4v) is 3.93. The van der Waals surface area contributed by atoms with E-state index in [4.69, 9.17) is 10.3 Å². The molecule has 0 spiro atoms. The second-order valence-corrected chi connectivity index (χ2v) is 5.87. The van der Waals surface area contributed by atoms with Crippen molar-refractivity contribution in [2.45, 2.75) is 44.6 Å². The zero-order valence-corrected chi connectivity index (χ0v) is 10.3. The number of hydrogen-bond donors (Lipinski definition) is 2. The molecule has 0 aromatic carbocycles. The summed E-state index contributed by atoms with van der Waals surface area (Å²) >= 11 is 0. The number of hydrogen-bond acceptors (Lipinski definition) is 3. The van der Waals surface area contributed by atoms with Crippen molar-refractivity contribution in [1.82, 2.24) is 5.43 Å². The molecule has 3 N–H and O–H groups in total. The zero-order valence-electron chi connectivity index (χ0n) is 10.3. The third-order valence-electron chi connectivity index (χ3n) is 4.77. The van der Waals surface area contributed by atoms with Gasteiger partial charge in [0.25, 0.3) is 0 Å². The van der Waals surface area contributed by atoms with E-state index in [0.29, 0.717) is 6.04 Å². The van der Waals surface area contributed by atoms with E-state index in [0.717, 1.165) is 24.2 Å². The van der Waals surface area contributed by atoms with Crippen LogP contribution in [-0.4, -0.2) is 6.04 Å². The third kappa shape index (κ3) is 2.40. The summed E-state index contributed by atoms with van der Waals surface area (Å²) in [7, 11) is 0. The summed E-state index contributed by atoms with van der Waals surface area (Å²) in [5.41, 5.74) is 4.23. The Kier molecular flexibility index (Phi) is 3.21. The van der Waals surface area contributed by atoms with Gasteiger partial charge in [-0.25, -0.2) is 0 Å². The topological polar surface area (TPSA) is 51.2 Å². The normalized spacial score (nSPS) is 33.1. The minimum absolute atomic E-state index is 0.400. The van der Waals surface area contributed by atoms with Crippen molar-refractivity contribution in [2.24, 2.45) is 23.6 Å². The minimum atomic E-state index is 0.400. The number of nitrogens with one attached hydrogen (secondary N) is 1. The number of rotatable bonds is 5. The molecular formula is C14H22N2O. The molecule has 2 aliphatic rings. The van der Waals surface area contributed by atoms with Gasteiger partial charge in [-0.1, -0.05) is 6.42 Å². The quantitative estimate of drug-likeness (QED) is 0.608. The Labute approximate surface area is 103 Å². The summed E-state index contributed by atoms with van der Waals surface area (Å²) < 4.78 is 5.11. The van der Waals surface area contributed by atoms with E-state index in [1.807, 2.05) is 12.3 Å². The van der Waals surface area contributed by atoms with E-state index in [9.17, 15) is 0 Å². The fourth-order valence-electron chi connectivity index (χ4n) is 3.93. The van der Waals surface area contributed by atoms with Crippen LogP contribution in [0.15, 0.2) is 23.0 Å². The Morgan fingerprint density at radius 1 is 1.41 bits per heavy atom. The van der Waals surface area contributed by atoms with Crippen molar-refractivity contribution >= 4 is 0 Å². The Morgan fingerprint density at radius 3 is 2.94 bits per heavy atom. The molecule has 0 aliphatic heterocycles. The molecule has 0 radical (unpaired) electrons. The van der Waals surface area contributed by atoms with Gasteiger partial charge in [-0.05, 0) is 61.5 Å². The third-order valence-corrected chi connectivity index (χ3v) is 4.77. The van der Waals surface area contributed by atoms with Gasteiger partial charge in [-0.2, -0.15) is 0 Å². The first-order valence-electron chi connectivity index (χ1n) is 6.82. The highest BCUT2D eigenvalue weighted by molar-refractivity contribution is 5.07. The van der Waals surface area contributed by atoms with Crippen LogP contribution in [0.4, 0.5) is 0 Å². The van der Waals surface area contributed by atoms with Crippen LogP contribution in [0.2, 0.25) is 0 Å². The molecule has 1 heterocycles. The van der Waals surface area contributed by atoms with E-state index in [1.165, 1.54) is 37.7 Å². The Morgan fingerprint density at radius 2 is 2.35 bits per heavy atom. The van der Waals surface area contributed by atoms with Crippen molar-refractivity contribution in [2.75, 3.05) is 0 Å². The van der Waals surface area contributed by atoms with Crippen molar-refractivity contribution in [3.8, 4) is 0 Å². The van der Waals surface area contributed by atoms with Crippen LogP contribution >= 0.6 is 0 Å². The van der Waals surface area contributed by atoms with Crippen LogP contribution in [0.3, 0.4) is 0 Å². The molecule has 2 saturated carbocycles. The molecule has 4 unspecified atom stereocenters. The summed E-state index contributed by atoms with van der Waals surface area (Å²) in [6, 6.07) is 2.43. The van der Waals surface area contributed by atoms with Crippen molar-refractivity contribution in [3.05, 3.63) is 24.2 Å². The summed E-state index contributed by atoms with van der Waals surface area (Å²) in [6.07, 6.45) is 11.6. The molecule has 4 atom stereocenters. The number of hydrazine groups is 1. The largest absolute Gasteiger partial charge is 0.472 e. The predicted octanol–water partition coefficient (Wildman–Crippen LogP) is 2.48. The monoisotopic (exact) mass is 234 g/mol. The molecule has 3 rings (SSSR count). The fraction of sp³-hybridized carbons (Fsp3) is 0.714. The first-order chi connectivity index (χ1) is 8.35. The van der Waals surface area contributed by atoms with E-state index in [2.05, 4.69) is 5.43 Å². The molecule has 2 aliphatic carbocycles. The molecule has 2 fully saturated rings. The van der Waals surface area contributed by atoms with Crippen LogP contribution in [0, 0.1) is 17.8 Å². The SMILES string of the molecule is NNC(Cc1ccoc1)CC1CC2CCC1C2. The lowest BCUT2D eigenvalue weighted by Crippen LogP contribution is -2.38. The van der Waals surface area contributed by atoms with Gasteiger partial charge in [-0.3, -0.25) is 11.3 Å². The zero-order chi connectivity index (χ0) is 11.7. The Hall–Kier alpha value is -0.800. The molecule has 17 heavy (non-hydrogen) atoms. The average molecular weight is 234 g/mol. The van der Waals surface area contributed by atoms with Gasteiger partial charge in [0, 0.05) is 6.04 Å². The predicted molar refractivity (Wildman–Crippen MR) is 67.1 cm³/mol. The van der Waals surface area contributed by atoms with E-state index >= 15 is 0 Å². The second-order valence-electron chi connectivity index (χ2n) is 5.87. The van der Waals surface area contributed by atoms with Crippen LogP contribution in [0.1, 0.15) is 37.7 Å². The van der Waals surface area contributed by atoms with Gasteiger partial charge in [0.05, 0.1) is 12.5 Å². The van der Waals surface area contributed by atoms with Gasteiger partial charge in [0.1, 0.15) is 0 Å². The van der Waals surface area contributed by atoms with Crippen LogP contribution in [0.5, 0.6) is 0 Å². The summed E-state index contributed by atoms with van der Waals surface area (Å²) in [5, 5.41) is 0. The summed E-state index contributed by atoms with van der Waals surface area (Å²) in [5.74, 6) is 8.60. The lowest BCUT2D eigenvalue weighted by molar-refractivity contribution is 0.277. The minimum Gasteiger partial charge on any atom is -0.472 e. The molecule has 94 valence electrons. The number of furan rings is 1. The van der Waals surface area contributed by atoms with Gasteiger partial charge in [-0.15, -0.1) is 0 Å². The van der Waals surface area contributed by atoms with E-state index < -0.39 is 0 Å². The highest BCUT2D eigenvalue weighted by atomic mass is 16.3. The molecule has 3 nitrogen and oxygen atoms in total. The molecular weight excluding hydrogens is 212 g/mol. The Bertz CT molecular complexity index is 349. The molecule has 1 aromatic heterocycles. The average Bonchev–Trinajstić information content (AvgIpc) is 3.04. The van der Waals surface area contributed by atoms with E-state index in [1.54, 1.807) is 6.26 Å². The summed E-state index contributed by atoms with van der Waals surface area (Å²) in [4.78, 5) is 0. The second kappa shape index (κ2) is 4.83. The number of fused-ring (bicyclic) bond motifs is 2. The maximum absolute atomic E-state index is 5.68. The van der Waals surface area contributed by atoms with Crippen LogP contribution < -0.4 is 11.3 Å². The highest BCUT2D eigenvalue weighted by Crippen LogP contribution is 2.49. The van der Waals surface area contributed by atoms with E-state index in [-0.39, 0.29) is 0 Å². The van der Waals surface area contributed by atoms with Gasteiger partial charge < -0.3 is 4.42 Å². The lowest BCUT2D eigenvalue weighted by atomic mass is 9.83. The maximum atomic E-state index is 5.68. The van der Waals surface area contributed by atoms with Gasteiger partial charge in [0.2, 0.25) is 0 Å². The van der Waals surface area contributed by atoms with Crippen molar-refractivity contribution in [3.63, 3.8) is 0 Å². The summed E-state index contributed by atoms with van der Waals surface area (Å²) in [6.45, 7) is 0. The van der Waals surface area contributed by atoms with Gasteiger partial charge >= 0.3 is 0 Å². The van der Waals surface area contributed by atoms with Gasteiger partial charge in [0.15, 0.2) is 0 Å². The lowest BCUT2D eigenvalue weighted by Gasteiger charge is -2.26. The first-order valence-corrected chi connectivity index (χ1v) is 6.82. The molecule has 0 saturated heterocycles. The van der Waals surface area contributed by atoms with Crippen LogP contribution in [0.25, 0.3) is 0 Å². The Balaban J connectivity index is 1.55. The molecule has 1 aromatic rings. The first kappa shape index (κ1) is 11.3. The highest BCUT2D eigenvalue weighted by Gasteiger charge is 2.39. The molecule has 0 amide bonds. The standard InChI is InChI=1S/C14H22N2O/c15-16-14(7-11-3-4-17-9-11)8-13-6-10-1-2-12(13)5-10/h3-4,9-10,12-14,16H,1-2,5-8,15H2. The molecule has 2 bridgehead atoms. The molecule has 3 heteroatoms.